The molecule has 0 heterocycles. The predicted molar refractivity (Wildman–Crippen MR) is 56.4 cm³/mol. The molecule has 0 spiro atoms. The van der Waals surface area contributed by atoms with Gasteiger partial charge in [0.05, 0.1) is 0 Å². The van der Waals surface area contributed by atoms with E-state index in [4.69, 9.17) is 28.3 Å². The second-order valence-electron chi connectivity index (χ2n) is 2.60. The van der Waals surface area contributed by atoms with Crippen LogP contribution in [0.5, 0.6) is 0 Å². The Bertz CT molecular complexity index is 433. The molecule has 0 atom stereocenters. The molecule has 1 rings (SSSR count). The van der Waals surface area contributed by atoms with Gasteiger partial charge in [-0.25, -0.2) is 5.14 Å². The first-order valence-corrected chi connectivity index (χ1v) is 5.90. The minimum Gasteiger partial charge on any atom is -0.216 e. The molecule has 0 amide bonds. The summed E-state index contributed by atoms with van der Waals surface area (Å²) in [6.45, 7) is 0.0504. The van der Waals surface area contributed by atoms with Crippen molar-refractivity contribution in [3.8, 4) is 0 Å². The fraction of sp³-hybridized carbons (Fsp3) is 0.143. The average Bonchev–Trinajstić information content (AvgIpc) is 2.00. The van der Waals surface area contributed by atoms with Crippen LogP contribution in [0.15, 0.2) is 18.2 Å². The lowest BCUT2D eigenvalue weighted by Crippen LogP contribution is -2.30. The van der Waals surface area contributed by atoms with Gasteiger partial charge in [0.25, 0.3) is 10.2 Å². The Hall–Kier alpha value is -0.330. The third-order valence-corrected chi connectivity index (χ3v) is 2.61. The van der Waals surface area contributed by atoms with E-state index in [1.54, 1.807) is 12.1 Å². The first-order valence-electron chi connectivity index (χ1n) is 3.60. The fourth-order valence-corrected chi connectivity index (χ4v) is 1.68. The Morgan fingerprint density at radius 3 is 2.50 bits per heavy atom. The maximum atomic E-state index is 10.6. The first-order chi connectivity index (χ1) is 6.38. The molecule has 0 aliphatic heterocycles. The van der Waals surface area contributed by atoms with Crippen LogP contribution in [0.2, 0.25) is 10.0 Å². The quantitative estimate of drug-likeness (QED) is 0.854. The van der Waals surface area contributed by atoms with Crippen molar-refractivity contribution in [1.29, 1.82) is 0 Å². The number of rotatable bonds is 3. The number of hydrogen-bond acceptors (Lipinski definition) is 2. The maximum absolute atomic E-state index is 10.6. The zero-order valence-corrected chi connectivity index (χ0v) is 9.33. The van der Waals surface area contributed by atoms with Gasteiger partial charge in [-0.1, -0.05) is 29.3 Å². The Balaban J connectivity index is 2.78. The summed E-state index contributed by atoms with van der Waals surface area (Å²) in [6.07, 6.45) is 0. The summed E-state index contributed by atoms with van der Waals surface area (Å²) in [4.78, 5) is 0. The molecular weight excluding hydrogens is 247 g/mol. The molecule has 7 heteroatoms. The highest BCUT2D eigenvalue weighted by Gasteiger charge is 2.04. The summed E-state index contributed by atoms with van der Waals surface area (Å²) in [6, 6.07) is 4.78. The number of nitrogens with one attached hydrogen (secondary N) is 1. The second kappa shape index (κ2) is 4.46. The highest BCUT2D eigenvalue weighted by Crippen LogP contribution is 2.20. The second-order valence-corrected chi connectivity index (χ2v) is 4.82. The van der Waals surface area contributed by atoms with E-state index in [1.165, 1.54) is 6.07 Å². The van der Waals surface area contributed by atoms with Crippen molar-refractivity contribution in [2.75, 3.05) is 0 Å². The van der Waals surface area contributed by atoms with Gasteiger partial charge >= 0.3 is 0 Å². The number of benzene rings is 1. The van der Waals surface area contributed by atoms with Crippen molar-refractivity contribution in [1.82, 2.24) is 4.72 Å². The van der Waals surface area contributed by atoms with Gasteiger partial charge < -0.3 is 0 Å². The largest absolute Gasteiger partial charge is 0.274 e. The van der Waals surface area contributed by atoms with Gasteiger partial charge in [-0.2, -0.15) is 13.1 Å². The molecular formula is C7H8Cl2N2O2S. The van der Waals surface area contributed by atoms with Gasteiger partial charge in [-0.3, -0.25) is 0 Å². The van der Waals surface area contributed by atoms with Crippen LogP contribution in [-0.2, 0) is 16.8 Å². The van der Waals surface area contributed by atoms with Crippen LogP contribution in [0.4, 0.5) is 0 Å². The minimum absolute atomic E-state index is 0.0504. The molecule has 4 nitrogen and oxygen atoms in total. The molecule has 0 unspecified atom stereocenters. The summed E-state index contributed by atoms with van der Waals surface area (Å²) in [5.74, 6) is 0. The van der Waals surface area contributed by atoms with Crippen LogP contribution in [0.25, 0.3) is 0 Å². The Morgan fingerprint density at radius 2 is 2.00 bits per heavy atom. The highest BCUT2D eigenvalue weighted by atomic mass is 35.5. The van der Waals surface area contributed by atoms with E-state index in [9.17, 15) is 8.42 Å². The molecule has 0 fully saturated rings. The van der Waals surface area contributed by atoms with Crippen molar-refractivity contribution in [3.05, 3.63) is 33.8 Å². The van der Waals surface area contributed by atoms with Crippen LogP contribution < -0.4 is 9.86 Å². The summed E-state index contributed by atoms with van der Waals surface area (Å²) < 4.78 is 23.3. The van der Waals surface area contributed by atoms with Gasteiger partial charge in [0.15, 0.2) is 0 Å². The zero-order chi connectivity index (χ0) is 10.8. The molecule has 1 aromatic rings. The molecule has 0 bridgehead atoms. The lowest BCUT2D eigenvalue weighted by atomic mass is 10.2. The maximum Gasteiger partial charge on any atom is 0.274 e. The van der Waals surface area contributed by atoms with Gasteiger partial charge in [0.2, 0.25) is 0 Å². The normalized spacial score (nSPS) is 11.6. The third-order valence-electron chi connectivity index (χ3n) is 1.48. The van der Waals surface area contributed by atoms with E-state index in [-0.39, 0.29) is 6.54 Å². The zero-order valence-electron chi connectivity index (χ0n) is 7.00. The van der Waals surface area contributed by atoms with Crippen molar-refractivity contribution in [2.24, 2.45) is 5.14 Å². The molecule has 0 aliphatic carbocycles. The smallest absolute Gasteiger partial charge is 0.216 e. The van der Waals surface area contributed by atoms with Crippen LogP contribution in [0, 0.1) is 0 Å². The van der Waals surface area contributed by atoms with Crippen LogP contribution in [0.1, 0.15) is 5.56 Å². The Morgan fingerprint density at radius 1 is 1.36 bits per heavy atom. The molecule has 1 aromatic carbocycles. The van der Waals surface area contributed by atoms with Gasteiger partial charge in [-0.05, 0) is 17.7 Å². The standard InChI is InChI=1S/C7H8Cl2N2O2S/c8-6-2-1-5(7(9)3-6)4-11-14(10,12)13/h1-3,11H,4H2,(H2,10,12,13). The average molecular weight is 255 g/mol. The van der Waals surface area contributed by atoms with Gasteiger partial charge in [0.1, 0.15) is 0 Å². The fourth-order valence-electron chi connectivity index (χ4n) is 0.843. The number of halogens is 2. The van der Waals surface area contributed by atoms with E-state index < -0.39 is 10.2 Å². The summed E-state index contributed by atoms with van der Waals surface area (Å²) in [5.41, 5.74) is 0.616. The van der Waals surface area contributed by atoms with Crippen LogP contribution in [-0.4, -0.2) is 8.42 Å². The topological polar surface area (TPSA) is 72.2 Å². The molecule has 0 saturated heterocycles. The highest BCUT2D eigenvalue weighted by molar-refractivity contribution is 7.87. The number of nitrogens with two attached hydrogens (primary N) is 1. The lowest BCUT2D eigenvalue weighted by molar-refractivity contribution is 0.583. The molecule has 0 saturated carbocycles. The number of hydrogen-bond donors (Lipinski definition) is 2. The summed E-state index contributed by atoms with van der Waals surface area (Å²) in [5, 5.41) is 5.65. The lowest BCUT2D eigenvalue weighted by Gasteiger charge is -2.04. The van der Waals surface area contributed by atoms with Crippen LogP contribution >= 0.6 is 23.2 Å². The molecule has 78 valence electrons. The molecule has 3 N–H and O–H groups in total. The van der Waals surface area contributed by atoms with Crippen molar-refractivity contribution in [3.63, 3.8) is 0 Å². The predicted octanol–water partition coefficient (Wildman–Crippen LogP) is 1.29. The summed E-state index contributed by atoms with van der Waals surface area (Å²) >= 11 is 11.5. The van der Waals surface area contributed by atoms with E-state index in [0.29, 0.717) is 15.6 Å². The molecule has 0 aliphatic rings. The monoisotopic (exact) mass is 254 g/mol. The SMILES string of the molecule is NS(=O)(=O)NCc1ccc(Cl)cc1Cl. The van der Waals surface area contributed by atoms with Crippen molar-refractivity contribution in [2.45, 2.75) is 6.54 Å². The van der Waals surface area contributed by atoms with E-state index >= 15 is 0 Å². The van der Waals surface area contributed by atoms with Crippen LogP contribution in [0.3, 0.4) is 0 Å². The Kier molecular flexibility index (Phi) is 3.74. The molecule has 0 radical (unpaired) electrons. The summed E-state index contributed by atoms with van der Waals surface area (Å²) in [7, 11) is -3.69. The van der Waals surface area contributed by atoms with Gasteiger partial charge in [0, 0.05) is 16.6 Å². The molecule has 14 heavy (non-hydrogen) atoms. The third kappa shape index (κ3) is 3.81. The van der Waals surface area contributed by atoms with Crippen molar-refractivity contribution >= 4 is 33.4 Å². The van der Waals surface area contributed by atoms with E-state index in [1.807, 2.05) is 0 Å². The van der Waals surface area contributed by atoms with Crippen molar-refractivity contribution < 1.29 is 8.42 Å². The van der Waals surface area contributed by atoms with E-state index in [2.05, 4.69) is 4.72 Å². The molecule has 0 aromatic heterocycles. The minimum atomic E-state index is -3.69. The Labute approximate surface area is 92.2 Å². The first kappa shape index (κ1) is 11.7. The van der Waals surface area contributed by atoms with E-state index in [0.717, 1.165) is 0 Å². The van der Waals surface area contributed by atoms with Gasteiger partial charge in [-0.15, -0.1) is 0 Å².